The van der Waals surface area contributed by atoms with Crippen molar-refractivity contribution in [3.05, 3.63) is 57.7 Å². The molecule has 1 aliphatic rings. The highest BCUT2D eigenvalue weighted by atomic mass is 32.2. The van der Waals surface area contributed by atoms with Crippen molar-refractivity contribution in [3.63, 3.8) is 0 Å². The summed E-state index contributed by atoms with van der Waals surface area (Å²) < 4.78 is 0. The number of thioether (sulfide) groups is 1. The zero-order valence-electron chi connectivity index (χ0n) is 13.0. The summed E-state index contributed by atoms with van der Waals surface area (Å²) in [6, 6.07) is 10.3. The summed E-state index contributed by atoms with van der Waals surface area (Å²) in [6.07, 6.45) is 3.36. The number of rotatable bonds is 4. The van der Waals surface area contributed by atoms with Crippen LogP contribution in [0.5, 0.6) is 0 Å². The van der Waals surface area contributed by atoms with Gasteiger partial charge in [-0.1, -0.05) is 42.1 Å². The van der Waals surface area contributed by atoms with Crippen molar-refractivity contribution in [1.82, 2.24) is 15.0 Å². The summed E-state index contributed by atoms with van der Waals surface area (Å²) in [6.45, 7) is 2.05. The second-order valence-corrected chi connectivity index (χ2v) is 7.67. The van der Waals surface area contributed by atoms with Crippen LogP contribution in [-0.2, 0) is 18.6 Å². The molecule has 0 aliphatic heterocycles. The smallest absolute Gasteiger partial charge is 0.160 e. The molecular weight excluding hydrogens is 322 g/mol. The number of benzene rings is 1. The molecule has 1 aromatic carbocycles. The van der Waals surface area contributed by atoms with Crippen LogP contribution in [0.2, 0.25) is 0 Å². The zero-order chi connectivity index (χ0) is 15.6. The molecular formula is C18H17N3S2. The van der Waals surface area contributed by atoms with Crippen molar-refractivity contribution in [2.45, 2.75) is 37.0 Å². The van der Waals surface area contributed by atoms with E-state index >= 15 is 0 Å². The van der Waals surface area contributed by atoms with Crippen LogP contribution >= 0.6 is 23.1 Å². The molecule has 3 aromatic rings. The predicted octanol–water partition coefficient (Wildman–Crippen LogP) is 4.69. The van der Waals surface area contributed by atoms with Crippen LogP contribution < -0.4 is 0 Å². The molecule has 0 spiro atoms. The Bertz CT molecular complexity index is 828. The van der Waals surface area contributed by atoms with E-state index in [1.165, 1.54) is 17.7 Å². The topological polar surface area (TPSA) is 38.7 Å². The minimum Gasteiger partial charge on any atom is -0.246 e. The van der Waals surface area contributed by atoms with Gasteiger partial charge in [-0.25, -0.2) is 15.0 Å². The molecule has 1 aliphatic carbocycles. The number of aromatic nitrogens is 3. The highest BCUT2D eigenvalue weighted by Gasteiger charge is 2.20. The van der Waals surface area contributed by atoms with E-state index in [-0.39, 0.29) is 0 Å². The van der Waals surface area contributed by atoms with Gasteiger partial charge < -0.3 is 0 Å². The second-order valence-electron chi connectivity index (χ2n) is 5.64. The van der Waals surface area contributed by atoms with Crippen molar-refractivity contribution in [3.8, 4) is 11.4 Å². The first-order valence-electron chi connectivity index (χ1n) is 7.78. The normalized spacial score (nSPS) is 13.3. The van der Waals surface area contributed by atoms with Crippen molar-refractivity contribution in [2.24, 2.45) is 0 Å². The lowest BCUT2D eigenvalue weighted by Gasteiger charge is -2.09. The summed E-state index contributed by atoms with van der Waals surface area (Å²) in [4.78, 5) is 14.2. The number of hydrogen-bond donors (Lipinski definition) is 0. The fourth-order valence-electron chi connectivity index (χ4n) is 2.85. The average molecular weight is 339 g/mol. The average Bonchev–Trinajstić information content (AvgIpc) is 3.22. The summed E-state index contributed by atoms with van der Waals surface area (Å²) in [7, 11) is 0. The highest BCUT2D eigenvalue weighted by Crippen LogP contribution is 2.33. The summed E-state index contributed by atoms with van der Waals surface area (Å²) >= 11 is 3.50. The van der Waals surface area contributed by atoms with Crippen molar-refractivity contribution in [1.29, 1.82) is 0 Å². The molecule has 0 bridgehead atoms. The number of thiazole rings is 1. The molecule has 116 valence electrons. The van der Waals surface area contributed by atoms with Crippen LogP contribution in [0, 0.1) is 6.92 Å². The van der Waals surface area contributed by atoms with Gasteiger partial charge in [0.1, 0.15) is 5.03 Å². The predicted molar refractivity (Wildman–Crippen MR) is 95.9 cm³/mol. The van der Waals surface area contributed by atoms with E-state index in [0.717, 1.165) is 45.7 Å². The van der Waals surface area contributed by atoms with E-state index in [9.17, 15) is 0 Å². The van der Waals surface area contributed by atoms with E-state index in [1.54, 1.807) is 23.1 Å². The molecule has 0 radical (unpaired) electrons. The summed E-state index contributed by atoms with van der Waals surface area (Å²) in [5.74, 6) is 1.73. The van der Waals surface area contributed by atoms with E-state index in [1.807, 2.05) is 18.2 Å². The number of hydrogen-bond acceptors (Lipinski definition) is 5. The molecule has 0 unspecified atom stereocenters. The van der Waals surface area contributed by atoms with Crippen LogP contribution in [0.15, 0.2) is 40.7 Å². The lowest BCUT2D eigenvalue weighted by atomic mass is 10.2. The van der Waals surface area contributed by atoms with Crippen molar-refractivity contribution < 1.29 is 0 Å². The van der Waals surface area contributed by atoms with E-state index in [0.29, 0.717) is 0 Å². The molecule has 0 fully saturated rings. The quantitative estimate of drug-likeness (QED) is 0.510. The first-order valence-corrected chi connectivity index (χ1v) is 9.65. The molecule has 2 heterocycles. The Labute approximate surface area is 144 Å². The van der Waals surface area contributed by atoms with E-state index in [2.05, 4.69) is 29.4 Å². The monoisotopic (exact) mass is 339 g/mol. The van der Waals surface area contributed by atoms with Crippen LogP contribution in [0.3, 0.4) is 0 Å². The maximum Gasteiger partial charge on any atom is 0.160 e. The Morgan fingerprint density at radius 1 is 1.09 bits per heavy atom. The van der Waals surface area contributed by atoms with E-state index < -0.39 is 0 Å². The largest absolute Gasteiger partial charge is 0.246 e. The molecule has 0 saturated heterocycles. The molecule has 0 N–H and O–H groups in total. The van der Waals surface area contributed by atoms with Gasteiger partial charge in [-0.15, -0.1) is 11.3 Å². The van der Waals surface area contributed by atoms with Gasteiger partial charge in [-0.05, 0) is 26.2 Å². The molecule has 3 nitrogen and oxygen atoms in total. The number of nitrogens with zero attached hydrogens (tertiary/aromatic N) is 3. The maximum atomic E-state index is 4.86. The van der Waals surface area contributed by atoms with Crippen molar-refractivity contribution >= 4 is 23.1 Å². The van der Waals surface area contributed by atoms with Crippen LogP contribution in [0.4, 0.5) is 0 Å². The Kier molecular flexibility index (Phi) is 4.14. The fraction of sp³-hybridized carbons (Fsp3) is 0.278. The SMILES string of the molecule is Cc1nc(CSc2nc(-c3ccccc3)nc3c2CCC3)cs1. The minimum atomic E-state index is 0.850. The van der Waals surface area contributed by atoms with Gasteiger partial charge in [0.15, 0.2) is 5.82 Å². The first kappa shape index (κ1) is 14.8. The summed E-state index contributed by atoms with van der Waals surface area (Å²) in [5.41, 5.74) is 4.81. The molecule has 0 saturated carbocycles. The van der Waals surface area contributed by atoms with Crippen LogP contribution in [0.1, 0.15) is 28.4 Å². The van der Waals surface area contributed by atoms with Gasteiger partial charge in [0.25, 0.3) is 0 Å². The molecule has 5 heteroatoms. The molecule has 4 rings (SSSR count). The summed E-state index contributed by atoms with van der Waals surface area (Å²) in [5, 5.41) is 4.40. The maximum absolute atomic E-state index is 4.86. The fourth-order valence-corrected chi connectivity index (χ4v) is 4.55. The number of fused-ring (bicyclic) bond motifs is 1. The third-order valence-electron chi connectivity index (χ3n) is 3.95. The standard InChI is InChI=1S/C18H17N3S2/c1-12-19-14(10-22-12)11-23-18-15-8-5-9-16(15)20-17(21-18)13-6-3-2-4-7-13/h2-4,6-7,10H,5,8-9,11H2,1H3. The van der Waals surface area contributed by atoms with Gasteiger partial charge in [-0.2, -0.15) is 0 Å². The molecule has 0 atom stereocenters. The molecule has 0 amide bonds. The minimum absolute atomic E-state index is 0.850. The van der Waals surface area contributed by atoms with Crippen LogP contribution in [-0.4, -0.2) is 15.0 Å². The van der Waals surface area contributed by atoms with Crippen LogP contribution in [0.25, 0.3) is 11.4 Å². The van der Waals surface area contributed by atoms with Gasteiger partial charge in [0.05, 0.1) is 10.7 Å². The number of aryl methyl sites for hydroxylation is 2. The Morgan fingerprint density at radius 2 is 1.96 bits per heavy atom. The van der Waals surface area contributed by atoms with Gasteiger partial charge in [-0.3, -0.25) is 0 Å². The molecule has 2 aromatic heterocycles. The Morgan fingerprint density at radius 3 is 2.74 bits per heavy atom. The zero-order valence-corrected chi connectivity index (χ0v) is 14.6. The van der Waals surface area contributed by atoms with Gasteiger partial charge in [0.2, 0.25) is 0 Å². The van der Waals surface area contributed by atoms with Crippen molar-refractivity contribution in [2.75, 3.05) is 0 Å². The first-order chi connectivity index (χ1) is 11.3. The Balaban J connectivity index is 1.66. The Hall–Kier alpha value is -1.72. The van der Waals surface area contributed by atoms with Gasteiger partial charge >= 0.3 is 0 Å². The highest BCUT2D eigenvalue weighted by molar-refractivity contribution is 7.98. The third kappa shape index (κ3) is 3.16. The second kappa shape index (κ2) is 6.42. The van der Waals surface area contributed by atoms with Gasteiger partial charge in [0, 0.05) is 28.0 Å². The molecule has 23 heavy (non-hydrogen) atoms. The lowest BCUT2D eigenvalue weighted by Crippen LogP contribution is -1.99. The van der Waals surface area contributed by atoms with E-state index in [4.69, 9.17) is 9.97 Å². The lowest BCUT2D eigenvalue weighted by molar-refractivity contribution is 0.896. The third-order valence-corrected chi connectivity index (χ3v) is 5.82.